The lowest BCUT2D eigenvalue weighted by Gasteiger charge is -2.14. The van der Waals surface area contributed by atoms with Crippen molar-refractivity contribution in [3.05, 3.63) is 65.7 Å². The van der Waals surface area contributed by atoms with Gasteiger partial charge in [0.25, 0.3) is 5.91 Å². The molecule has 2 aromatic rings. The third-order valence-corrected chi connectivity index (χ3v) is 3.75. The number of benzene rings is 2. The van der Waals surface area contributed by atoms with E-state index in [1.54, 1.807) is 0 Å². The van der Waals surface area contributed by atoms with Gasteiger partial charge >= 0.3 is 12.6 Å². The second-order valence-corrected chi connectivity index (χ2v) is 5.98. The zero-order valence-electron chi connectivity index (χ0n) is 14.9. The quantitative estimate of drug-likeness (QED) is 0.679. The minimum atomic E-state index is -2.99. The highest BCUT2D eigenvalue weighted by Gasteiger charge is 2.14. The van der Waals surface area contributed by atoms with Crippen molar-refractivity contribution in [3.63, 3.8) is 0 Å². The molecule has 5 nitrogen and oxygen atoms in total. The van der Waals surface area contributed by atoms with Crippen LogP contribution in [0.4, 0.5) is 8.78 Å². The molecule has 144 valence electrons. The van der Waals surface area contributed by atoms with Crippen LogP contribution in [0.2, 0.25) is 0 Å². The average molecular weight is 377 g/mol. The summed E-state index contributed by atoms with van der Waals surface area (Å²) in [6.45, 7) is -1.57. The van der Waals surface area contributed by atoms with Gasteiger partial charge in [0.15, 0.2) is 6.61 Å². The minimum absolute atomic E-state index is 0.0260. The molecule has 2 aromatic carbocycles. The maximum absolute atomic E-state index is 12.2. The maximum atomic E-state index is 12.2. The Kier molecular flexibility index (Phi) is 7.73. The molecule has 0 aromatic heterocycles. The molecular weight excluding hydrogens is 356 g/mol. The van der Waals surface area contributed by atoms with Crippen LogP contribution in [-0.4, -0.2) is 31.1 Å². The van der Waals surface area contributed by atoms with E-state index in [0.717, 1.165) is 18.9 Å². The Hall–Kier alpha value is -2.96. The van der Waals surface area contributed by atoms with Crippen LogP contribution in [0.25, 0.3) is 0 Å². The molecule has 0 aliphatic carbocycles. The van der Waals surface area contributed by atoms with Crippen molar-refractivity contribution in [1.29, 1.82) is 0 Å². The first-order chi connectivity index (χ1) is 12.9. The largest absolute Gasteiger partial charge is 0.452 e. The van der Waals surface area contributed by atoms with Crippen molar-refractivity contribution in [2.75, 3.05) is 6.61 Å². The third kappa shape index (κ3) is 7.43. The van der Waals surface area contributed by atoms with Gasteiger partial charge in [0.05, 0.1) is 5.56 Å². The standard InChI is InChI=1S/C20H21F2NO4/c1-14(10-11-15-6-3-2-4-7-15)23-18(24)13-26-19(25)16-8-5-9-17(12-16)27-20(21)22/h2-9,12,14,20H,10-11,13H2,1H3,(H,23,24). The van der Waals surface area contributed by atoms with Crippen LogP contribution in [0, 0.1) is 0 Å². The van der Waals surface area contributed by atoms with Crippen LogP contribution >= 0.6 is 0 Å². The molecule has 7 heteroatoms. The van der Waals surface area contributed by atoms with E-state index in [0.29, 0.717) is 0 Å². The molecule has 0 saturated heterocycles. The minimum Gasteiger partial charge on any atom is -0.452 e. The summed E-state index contributed by atoms with van der Waals surface area (Å²) in [7, 11) is 0. The van der Waals surface area contributed by atoms with Gasteiger partial charge in [0.1, 0.15) is 5.75 Å². The molecule has 0 spiro atoms. The molecule has 1 amide bonds. The topological polar surface area (TPSA) is 64.6 Å². The van der Waals surface area contributed by atoms with Crippen LogP contribution in [0.5, 0.6) is 5.75 Å². The molecular formula is C20H21F2NO4. The van der Waals surface area contributed by atoms with Crippen molar-refractivity contribution >= 4 is 11.9 Å². The number of halogens is 2. The zero-order chi connectivity index (χ0) is 19.6. The molecule has 0 aliphatic heterocycles. The average Bonchev–Trinajstić information content (AvgIpc) is 2.65. The lowest BCUT2D eigenvalue weighted by molar-refractivity contribution is -0.124. The third-order valence-electron chi connectivity index (χ3n) is 3.75. The van der Waals surface area contributed by atoms with Crippen molar-refractivity contribution in [3.8, 4) is 5.75 Å². The SMILES string of the molecule is CC(CCc1ccccc1)NC(=O)COC(=O)c1cccc(OC(F)F)c1. The Morgan fingerprint density at radius 2 is 1.81 bits per heavy atom. The number of ether oxygens (including phenoxy) is 2. The summed E-state index contributed by atoms with van der Waals surface area (Å²) in [6, 6.07) is 15.0. The molecule has 1 atom stereocenters. The molecule has 1 N–H and O–H groups in total. The molecule has 0 bridgehead atoms. The molecule has 0 heterocycles. The van der Waals surface area contributed by atoms with Gasteiger partial charge in [0.2, 0.25) is 0 Å². The smallest absolute Gasteiger partial charge is 0.387 e. The van der Waals surface area contributed by atoms with Crippen molar-refractivity contribution in [2.45, 2.75) is 32.4 Å². The van der Waals surface area contributed by atoms with E-state index >= 15 is 0 Å². The van der Waals surface area contributed by atoms with E-state index in [2.05, 4.69) is 10.1 Å². The van der Waals surface area contributed by atoms with Gasteiger partial charge in [-0.15, -0.1) is 0 Å². The van der Waals surface area contributed by atoms with Crippen molar-refractivity contribution in [2.24, 2.45) is 0 Å². The highest BCUT2D eigenvalue weighted by molar-refractivity contribution is 5.91. The second-order valence-electron chi connectivity index (χ2n) is 5.98. The predicted molar refractivity (Wildman–Crippen MR) is 95.7 cm³/mol. The van der Waals surface area contributed by atoms with Crippen molar-refractivity contribution in [1.82, 2.24) is 5.32 Å². The number of carbonyl (C=O) groups is 2. The van der Waals surface area contributed by atoms with Gasteiger partial charge in [-0.05, 0) is 43.5 Å². The summed E-state index contributed by atoms with van der Waals surface area (Å²) in [4.78, 5) is 23.8. The van der Waals surface area contributed by atoms with Crippen LogP contribution < -0.4 is 10.1 Å². The summed E-state index contributed by atoms with van der Waals surface area (Å²) in [5.74, 6) is -1.37. The van der Waals surface area contributed by atoms with E-state index in [1.165, 1.54) is 23.8 Å². The molecule has 0 aliphatic rings. The van der Waals surface area contributed by atoms with E-state index < -0.39 is 25.1 Å². The Morgan fingerprint density at radius 3 is 2.52 bits per heavy atom. The number of hydrogen-bond donors (Lipinski definition) is 1. The summed E-state index contributed by atoms with van der Waals surface area (Å²) in [5, 5.41) is 2.75. The fraction of sp³-hybridized carbons (Fsp3) is 0.300. The van der Waals surface area contributed by atoms with Crippen LogP contribution in [-0.2, 0) is 16.0 Å². The Morgan fingerprint density at radius 1 is 1.07 bits per heavy atom. The molecule has 1 unspecified atom stereocenters. The van der Waals surface area contributed by atoms with Crippen LogP contribution in [0.3, 0.4) is 0 Å². The number of nitrogens with one attached hydrogen (secondary N) is 1. The Balaban J connectivity index is 1.75. The van der Waals surface area contributed by atoms with Gasteiger partial charge in [-0.3, -0.25) is 4.79 Å². The zero-order valence-corrected chi connectivity index (χ0v) is 14.9. The van der Waals surface area contributed by atoms with E-state index in [-0.39, 0.29) is 17.4 Å². The van der Waals surface area contributed by atoms with Crippen LogP contribution in [0.1, 0.15) is 29.3 Å². The first-order valence-electron chi connectivity index (χ1n) is 8.49. The fourth-order valence-corrected chi connectivity index (χ4v) is 2.43. The number of carbonyl (C=O) groups excluding carboxylic acids is 2. The normalized spacial score (nSPS) is 11.7. The number of rotatable bonds is 9. The van der Waals surface area contributed by atoms with Gasteiger partial charge in [-0.2, -0.15) is 8.78 Å². The lowest BCUT2D eigenvalue weighted by Crippen LogP contribution is -2.36. The Bertz CT molecular complexity index is 753. The monoisotopic (exact) mass is 377 g/mol. The highest BCUT2D eigenvalue weighted by atomic mass is 19.3. The van der Waals surface area contributed by atoms with Gasteiger partial charge in [-0.25, -0.2) is 4.79 Å². The van der Waals surface area contributed by atoms with Gasteiger partial charge in [-0.1, -0.05) is 36.4 Å². The lowest BCUT2D eigenvalue weighted by atomic mass is 10.1. The molecule has 0 radical (unpaired) electrons. The number of aryl methyl sites for hydroxylation is 1. The number of esters is 1. The van der Waals surface area contributed by atoms with Gasteiger partial charge in [0, 0.05) is 6.04 Å². The fourth-order valence-electron chi connectivity index (χ4n) is 2.43. The first-order valence-corrected chi connectivity index (χ1v) is 8.49. The summed E-state index contributed by atoms with van der Waals surface area (Å²) in [5.41, 5.74) is 1.20. The van der Waals surface area contributed by atoms with E-state index in [4.69, 9.17) is 4.74 Å². The summed E-state index contributed by atoms with van der Waals surface area (Å²) in [6.07, 6.45) is 1.57. The first kappa shape index (κ1) is 20.4. The molecule has 27 heavy (non-hydrogen) atoms. The maximum Gasteiger partial charge on any atom is 0.387 e. The summed E-state index contributed by atoms with van der Waals surface area (Å²) < 4.78 is 33.6. The highest BCUT2D eigenvalue weighted by Crippen LogP contribution is 2.16. The Labute approximate surface area is 156 Å². The predicted octanol–water partition coefficient (Wildman–Crippen LogP) is 3.58. The molecule has 0 saturated carbocycles. The van der Waals surface area contributed by atoms with E-state index in [1.807, 2.05) is 37.3 Å². The number of hydrogen-bond acceptors (Lipinski definition) is 4. The van der Waals surface area contributed by atoms with Gasteiger partial charge < -0.3 is 14.8 Å². The second kappa shape index (κ2) is 10.3. The number of amides is 1. The number of alkyl halides is 2. The van der Waals surface area contributed by atoms with Crippen molar-refractivity contribution < 1.29 is 27.8 Å². The van der Waals surface area contributed by atoms with Crippen LogP contribution in [0.15, 0.2) is 54.6 Å². The summed E-state index contributed by atoms with van der Waals surface area (Å²) >= 11 is 0. The molecule has 2 rings (SSSR count). The van der Waals surface area contributed by atoms with E-state index in [9.17, 15) is 18.4 Å². The molecule has 0 fully saturated rings.